The zero-order valence-electron chi connectivity index (χ0n) is 14.6. The molecule has 0 spiro atoms. The quantitative estimate of drug-likeness (QED) is 0.778. The Hall–Kier alpha value is -2.33. The maximum absolute atomic E-state index is 12.3. The number of hydrogen-bond donors (Lipinski definition) is 1. The van der Waals surface area contributed by atoms with E-state index in [1.807, 2.05) is 13.8 Å². The summed E-state index contributed by atoms with van der Waals surface area (Å²) in [7, 11) is 0. The van der Waals surface area contributed by atoms with Gasteiger partial charge in [0.15, 0.2) is 0 Å². The van der Waals surface area contributed by atoms with Crippen molar-refractivity contribution in [3.8, 4) is 0 Å². The molecule has 136 valence electrons. The van der Waals surface area contributed by atoms with Gasteiger partial charge < -0.3 is 19.3 Å². The standard InChI is InChI=1S/C15H22N6O4/c1-9-12(10(2)25-18-9)7-24-14-4-5-23-8-13(14)16-15(22)6-21-11(3)17-19-20-21/h13-14H,4-8H2,1-3H3,(H,16,22)/t13-,14+/m1/s1. The number of aromatic nitrogens is 5. The number of hydrogen-bond acceptors (Lipinski definition) is 8. The van der Waals surface area contributed by atoms with Crippen molar-refractivity contribution in [3.63, 3.8) is 0 Å². The Morgan fingerprint density at radius 1 is 1.40 bits per heavy atom. The third-order valence-electron chi connectivity index (χ3n) is 4.27. The van der Waals surface area contributed by atoms with Crippen LogP contribution in [0, 0.1) is 20.8 Å². The monoisotopic (exact) mass is 350 g/mol. The van der Waals surface area contributed by atoms with Crippen LogP contribution in [0.15, 0.2) is 4.52 Å². The van der Waals surface area contributed by atoms with Crippen LogP contribution in [0.4, 0.5) is 0 Å². The van der Waals surface area contributed by atoms with E-state index in [-0.39, 0.29) is 24.6 Å². The largest absolute Gasteiger partial charge is 0.379 e. The van der Waals surface area contributed by atoms with Gasteiger partial charge in [-0.15, -0.1) is 5.10 Å². The number of carbonyl (C=O) groups is 1. The number of aryl methyl sites for hydroxylation is 3. The van der Waals surface area contributed by atoms with Gasteiger partial charge >= 0.3 is 0 Å². The summed E-state index contributed by atoms with van der Waals surface area (Å²) >= 11 is 0. The first kappa shape index (κ1) is 17.5. The van der Waals surface area contributed by atoms with E-state index in [0.29, 0.717) is 32.1 Å². The van der Waals surface area contributed by atoms with Crippen molar-refractivity contribution in [2.45, 2.75) is 52.5 Å². The van der Waals surface area contributed by atoms with E-state index in [2.05, 4.69) is 26.0 Å². The summed E-state index contributed by atoms with van der Waals surface area (Å²) in [6.45, 7) is 6.95. The first-order chi connectivity index (χ1) is 12.0. The van der Waals surface area contributed by atoms with Gasteiger partial charge in [0.2, 0.25) is 5.91 Å². The fourth-order valence-corrected chi connectivity index (χ4v) is 2.73. The highest BCUT2D eigenvalue weighted by Gasteiger charge is 2.29. The van der Waals surface area contributed by atoms with E-state index < -0.39 is 0 Å². The number of nitrogens with one attached hydrogen (secondary N) is 1. The Morgan fingerprint density at radius 3 is 2.92 bits per heavy atom. The van der Waals surface area contributed by atoms with E-state index in [9.17, 15) is 4.79 Å². The van der Waals surface area contributed by atoms with Crippen LogP contribution < -0.4 is 5.32 Å². The lowest BCUT2D eigenvalue weighted by Crippen LogP contribution is -2.51. The molecule has 1 fully saturated rings. The van der Waals surface area contributed by atoms with E-state index in [1.54, 1.807) is 6.92 Å². The van der Waals surface area contributed by atoms with Gasteiger partial charge in [-0.05, 0) is 37.6 Å². The minimum Gasteiger partial charge on any atom is -0.379 e. The third-order valence-corrected chi connectivity index (χ3v) is 4.27. The van der Waals surface area contributed by atoms with Crippen molar-refractivity contribution in [1.82, 2.24) is 30.7 Å². The molecule has 0 saturated carbocycles. The third kappa shape index (κ3) is 4.20. The van der Waals surface area contributed by atoms with Crippen LogP contribution in [-0.2, 0) is 27.4 Å². The summed E-state index contributed by atoms with van der Waals surface area (Å²) in [6.07, 6.45) is 0.569. The van der Waals surface area contributed by atoms with Crippen LogP contribution in [0.25, 0.3) is 0 Å². The second-order valence-electron chi connectivity index (χ2n) is 6.07. The number of rotatable bonds is 6. The van der Waals surface area contributed by atoms with Crippen molar-refractivity contribution < 1.29 is 18.8 Å². The van der Waals surface area contributed by atoms with Gasteiger partial charge in [-0.25, -0.2) is 4.68 Å². The van der Waals surface area contributed by atoms with E-state index >= 15 is 0 Å². The van der Waals surface area contributed by atoms with Crippen LogP contribution in [-0.4, -0.2) is 56.6 Å². The molecule has 0 radical (unpaired) electrons. The van der Waals surface area contributed by atoms with Gasteiger partial charge in [-0.1, -0.05) is 5.16 Å². The molecule has 10 heteroatoms. The first-order valence-electron chi connectivity index (χ1n) is 8.18. The summed E-state index contributed by atoms with van der Waals surface area (Å²) in [5.41, 5.74) is 1.76. The fraction of sp³-hybridized carbons (Fsp3) is 0.667. The minimum absolute atomic E-state index is 0.0614. The Balaban J connectivity index is 1.57. The summed E-state index contributed by atoms with van der Waals surface area (Å²) < 4.78 is 18.1. The topological polar surface area (TPSA) is 117 Å². The van der Waals surface area contributed by atoms with E-state index in [4.69, 9.17) is 14.0 Å². The molecule has 1 amide bonds. The molecule has 0 bridgehead atoms. The number of amides is 1. The molecule has 3 rings (SSSR count). The number of nitrogens with zero attached hydrogens (tertiary/aromatic N) is 5. The van der Waals surface area contributed by atoms with Crippen LogP contribution in [0.5, 0.6) is 0 Å². The summed E-state index contributed by atoms with van der Waals surface area (Å²) in [6, 6.07) is -0.224. The molecule has 1 saturated heterocycles. The van der Waals surface area contributed by atoms with Crippen LogP contribution in [0.3, 0.4) is 0 Å². The Bertz CT molecular complexity index is 708. The number of ether oxygens (including phenoxy) is 2. The highest BCUT2D eigenvalue weighted by Crippen LogP contribution is 2.18. The zero-order chi connectivity index (χ0) is 17.8. The number of carbonyl (C=O) groups excluding carboxylic acids is 1. The van der Waals surface area contributed by atoms with Gasteiger partial charge in [0.05, 0.1) is 31.1 Å². The molecule has 0 aromatic carbocycles. The van der Waals surface area contributed by atoms with Gasteiger partial charge in [0.1, 0.15) is 18.1 Å². The second-order valence-corrected chi connectivity index (χ2v) is 6.07. The molecule has 1 N–H and O–H groups in total. The van der Waals surface area contributed by atoms with Crippen LogP contribution in [0.2, 0.25) is 0 Å². The summed E-state index contributed by atoms with van der Waals surface area (Å²) in [4.78, 5) is 12.3. The Morgan fingerprint density at radius 2 is 2.24 bits per heavy atom. The lowest BCUT2D eigenvalue weighted by Gasteiger charge is -2.32. The molecule has 3 heterocycles. The van der Waals surface area contributed by atoms with Crippen LogP contribution >= 0.6 is 0 Å². The zero-order valence-corrected chi connectivity index (χ0v) is 14.6. The predicted molar refractivity (Wildman–Crippen MR) is 84.5 cm³/mol. The van der Waals surface area contributed by atoms with Crippen molar-refractivity contribution in [3.05, 3.63) is 22.8 Å². The lowest BCUT2D eigenvalue weighted by molar-refractivity contribution is -0.127. The molecule has 0 unspecified atom stereocenters. The number of tetrazole rings is 1. The molecule has 25 heavy (non-hydrogen) atoms. The van der Waals surface area contributed by atoms with Crippen molar-refractivity contribution in [2.75, 3.05) is 13.2 Å². The summed E-state index contributed by atoms with van der Waals surface area (Å²) in [5, 5.41) is 17.9. The van der Waals surface area contributed by atoms with Gasteiger partial charge in [0, 0.05) is 12.2 Å². The van der Waals surface area contributed by atoms with Crippen molar-refractivity contribution in [1.29, 1.82) is 0 Å². The lowest BCUT2D eigenvalue weighted by atomic mass is 10.1. The molecular weight excluding hydrogens is 328 g/mol. The normalized spacial score (nSPS) is 20.6. The molecule has 2 atom stereocenters. The van der Waals surface area contributed by atoms with Gasteiger partial charge in [-0.3, -0.25) is 4.79 Å². The second kappa shape index (κ2) is 7.70. The molecule has 2 aromatic heterocycles. The maximum atomic E-state index is 12.3. The van der Waals surface area contributed by atoms with Gasteiger partial charge in [-0.2, -0.15) is 0 Å². The SMILES string of the molecule is Cc1noc(C)c1CO[C@H]1CCOC[C@H]1NC(=O)Cn1nnnc1C. The average molecular weight is 350 g/mol. The maximum Gasteiger partial charge on any atom is 0.242 e. The van der Waals surface area contributed by atoms with E-state index in [0.717, 1.165) is 17.0 Å². The van der Waals surface area contributed by atoms with Crippen LogP contribution in [0.1, 0.15) is 29.3 Å². The summed E-state index contributed by atoms with van der Waals surface area (Å²) in [5.74, 6) is 1.15. The minimum atomic E-state index is -0.224. The van der Waals surface area contributed by atoms with Gasteiger partial charge in [0.25, 0.3) is 0 Å². The average Bonchev–Trinajstić information content (AvgIpc) is 3.13. The first-order valence-corrected chi connectivity index (χ1v) is 8.18. The molecule has 1 aliphatic heterocycles. The fourth-order valence-electron chi connectivity index (χ4n) is 2.73. The molecular formula is C15H22N6O4. The Kier molecular flexibility index (Phi) is 5.39. The predicted octanol–water partition coefficient (Wildman–Crippen LogP) is 0.0769. The Labute approximate surface area is 144 Å². The highest BCUT2D eigenvalue weighted by atomic mass is 16.5. The molecule has 1 aliphatic rings. The smallest absolute Gasteiger partial charge is 0.242 e. The van der Waals surface area contributed by atoms with E-state index in [1.165, 1.54) is 4.68 Å². The molecule has 10 nitrogen and oxygen atoms in total. The van der Waals surface area contributed by atoms with Crippen molar-refractivity contribution in [2.24, 2.45) is 0 Å². The molecule has 2 aromatic rings. The highest BCUT2D eigenvalue weighted by molar-refractivity contribution is 5.76. The molecule has 0 aliphatic carbocycles. The van der Waals surface area contributed by atoms with Crippen molar-refractivity contribution >= 4 is 5.91 Å².